The Balaban J connectivity index is 1.76. The number of hydrogen-bond acceptors (Lipinski definition) is 7. The molecule has 2 aromatic carbocycles. The van der Waals surface area contributed by atoms with Gasteiger partial charge in [-0.1, -0.05) is 0 Å². The molecule has 1 saturated heterocycles. The van der Waals surface area contributed by atoms with E-state index in [0.717, 1.165) is 6.07 Å². The molecule has 4 rings (SSSR count). The van der Waals surface area contributed by atoms with Gasteiger partial charge >= 0.3 is 0 Å². The fraction of sp³-hybridized carbons (Fsp3) is 0.273. The van der Waals surface area contributed by atoms with E-state index in [9.17, 15) is 24.9 Å². The molecule has 8 heteroatoms. The number of amides is 1. The highest BCUT2D eigenvalue weighted by Gasteiger charge is 2.23. The Kier molecular flexibility index (Phi) is 5.09. The standard InChI is InChI=1S/C22H22N2O6/c1-13(25)24-8-6-23(7-9-24)12-16-17(27)10-18(28)21-19(29)11-20(30-22(16)21)14-2-4-15(26)5-3-14/h2-5,10-11,26-28H,6-9,12H2,1H3. The first-order valence-electron chi connectivity index (χ1n) is 9.62. The average molecular weight is 410 g/mol. The maximum atomic E-state index is 12.7. The van der Waals surface area contributed by atoms with Crippen LogP contribution in [0, 0.1) is 0 Å². The third-order valence-electron chi connectivity index (χ3n) is 5.41. The van der Waals surface area contributed by atoms with Crippen LogP contribution in [0.25, 0.3) is 22.3 Å². The molecule has 0 spiro atoms. The Morgan fingerprint density at radius 1 is 1.00 bits per heavy atom. The van der Waals surface area contributed by atoms with Gasteiger partial charge in [0.25, 0.3) is 0 Å². The van der Waals surface area contributed by atoms with Crippen LogP contribution in [0.2, 0.25) is 0 Å². The molecule has 1 aromatic heterocycles. The van der Waals surface area contributed by atoms with Gasteiger partial charge in [0.05, 0.1) is 5.56 Å². The van der Waals surface area contributed by atoms with Gasteiger partial charge in [0.15, 0.2) is 11.0 Å². The summed E-state index contributed by atoms with van der Waals surface area (Å²) in [6.07, 6.45) is 0. The average Bonchev–Trinajstić information content (AvgIpc) is 2.71. The van der Waals surface area contributed by atoms with Gasteiger partial charge in [-0.05, 0) is 24.3 Å². The van der Waals surface area contributed by atoms with Crippen molar-refractivity contribution in [2.45, 2.75) is 13.5 Å². The molecule has 3 aromatic rings. The fourth-order valence-electron chi connectivity index (χ4n) is 3.72. The summed E-state index contributed by atoms with van der Waals surface area (Å²) in [6, 6.07) is 8.62. The summed E-state index contributed by atoms with van der Waals surface area (Å²) in [5.74, 6) is -0.140. The van der Waals surface area contributed by atoms with Gasteiger partial charge in [-0.25, -0.2) is 0 Å². The molecule has 0 saturated carbocycles. The number of carbonyl (C=O) groups is 1. The van der Waals surface area contributed by atoms with Crippen LogP contribution in [-0.2, 0) is 11.3 Å². The summed E-state index contributed by atoms with van der Waals surface area (Å²) in [4.78, 5) is 28.1. The second-order valence-corrected chi connectivity index (χ2v) is 7.40. The molecular weight excluding hydrogens is 388 g/mol. The summed E-state index contributed by atoms with van der Waals surface area (Å²) in [7, 11) is 0. The number of nitrogens with zero attached hydrogens (tertiary/aromatic N) is 2. The zero-order valence-electron chi connectivity index (χ0n) is 16.5. The maximum absolute atomic E-state index is 12.7. The van der Waals surface area contributed by atoms with Crippen molar-refractivity contribution < 1.29 is 24.5 Å². The number of hydrogen-bond donors (Lipinski definition) is 3. The van der Waals surface area contributed by atoms with Crippen LogP contribution in [0.15, 0.2) is 45.6 Å². The van der Waals surface area contributed by atoms with Crippen molar-refractivity contribution in [2.24, 2.45) is 0 Å². The molecule has 3 N–H and O–H groups in total. The predicted molar refractivity (Wildman–Crippen MR) is 110 cm³/mol. The van der Waals surface area contributed by atoms with Gasteiger partial charge < -0.3 is 24.6 Å². The Morgan fingerprint density at radius 2 is 1.67 bits per heavy atom. The van der Waals surface area contributed by atoms with Crippen molar-refractivity contribution in [3.05, 3.63) is 52.2 Å². The first-order valence-corrected chi connectivity index (χ1v) is 9.62. The number of benzene rings is 2. The zero-order chi connectivity index (χ0) is 21.4. The maximum Gasteiger partial charge on any atom is 0.219 e. The Hall–Kier alpha value is -3.52. The number of fused-ring (bicyclic) bond motifs is 1. The second-order valence-electron chi connectivity index (χ2n) is 7.40. The lowest BCUT2D eigenvalue weighted by atomic mass is 10.1. The highest BCUT2D eigenvalue weighted by Crippen LogP contribution is 2.36. The molecule has 2 heterocycles. The van der Waals surface area contributed by atoms with Gasteiger partial charge in [0.1, 0.15) is 28.4 Å². The van der Waals surface area contributed by atoms with E-state index in [0.29, 0.717) is 43.9 Å². The topological polar surface area (TPSA) is 114 Å². The van der Waals surface area contributed by atoms with Gasteiger partial charge in [0.2, 0.25) is 5.91 Å². The summed E-state index contributed by atoms with van der Waals surface area (Å²) in [5.41, 5.74) is 0.670. The SMILES string of the molecule is CC(=O)N1CCN(Cc2c(O)cc(O)c3c(=O)cc(-c4ccc(O)cc4)oc23)CC1. The lowest BCUT2D eigenvalue weighted by Gasteiger charge is -2.34. The number of phenols is 3. The van der Waals surface area contributed by atoms with Crippen LogP contribution in [-0.4, -0.2) is 57.2 Å². The number of rotatable bonds is 3. The lowest BCUT2D eigenvalue weighted by Crippen LogP contribution is -2.47. The molecule has 0 radical (unpaired) electrons. The molecule has 0 atom stereocenters. The van der Waals surface area contributed by atoms with E-state index >= 15 is 0 Å². The molecule has 0 bridgehead atoms. The third-order valence-corrected chi connectivity index (χ3v) is 5.41. The number of piperazine rings is 1. The molecule has 1 aliphatic heterocycles. The molecule has 156 valence electrons. The minimum atomic E-state index is -0.431. The van der Waals surface area contributed by atoms with Crippen LogP contribution in [0.4, 0.5) is 0 Å². The minimum absolute atomic E-state index is 0.00713. The predicted octanol–water partition coefficient (Wildman–Crippen LogP) is 2.24. The Morgan fingerprint density at radius 3 is 2.30 bits per heavy atom. The van der Waals surface area contributed by atoms with E-state index in [-0.39, 0.29) is 39.9 Å². The van der Waals surface area contributed by atoms with Crippen molar-refractivity contribution in [3.63, 3.8) is 0 Å². The summed E-state index contributed by atoms with van der Waals surface area (Å²) in [5, 5.41) is 30.2. The van der Waals surface area contributed by atoms with Crippen molar-refractivity contribution in [1.29, 1.82) is 0 Å². The number of carbonyl (C=O) groups excluding carboxylic acids is 1. The number of phenolic OH excluding ortho intramolecular Hbond substituents is 3. The molecule has 30 heavy (non-hydrogen) atoms. The summed E-state index contributed by atoms with van der Waals surface area (Å²) < 4.78 is 5.97. The monoisotopic (exact) mass is 410 g/mol. The van der Waals surface area contributed by atoms with E-state index in [1.807, 2.05) is 0 Å². The van der Waals surface area contributed by atoms with Gasteiger partial charge in [-0.3, -0.25) is 14.5 Å². The van der Waals surface area contributed by atoms with Crippen LogP contribution in [0.1, 0.15) is 12.5 Å². The second kappa shape index (κ2) is 7.72. The zero-order valence-corrected chi connectivity index (χ0v) is 16.5. The van der Waals surface area contributed by atoms with Gasteiger partial charge in [-0.15, -0.1) is 0 Å². The molecule has 1 fully saturated rings. The van der Waals surface area contributed by atoms with Crippen molar-refractivity contribution in [3.8, 4) is 28.6 Å². The molecule has 0 aliphatic carbocycles. The third kappa shape index (κ3) is 3.69. The first kappa shape index (κ1) is 19.8. The van der Waals surface area contributed by atoms with E-state index in [1.165, 1.54) is 25.1 Å². The largest absolute Gasteiger partial charge is 0.508 e. The Bertz CT molecular complexity index is 1160. The molecule has 1 amide bonds. The number of aromatic hydroxyl groups is 3. The lowest BCUT2D eigenvalue weighted by molar-refractivity contribution is -0.130. The van der Waals surface area contributed by atoms with Gasteiger partial charge in [0, 0.05) is 57.3 Å². The van der Waals surface area contributed by atoms with Crippen LogP contribution in [0.5, 0.6) is 17.2 Å². The van der Waals surface area contributed by atoms with E-state index in [1.54, 1.807) is 17.0 Å². The quantitative estimate of drug-likeness (QED) is 0.607. The normalized spacial score (nSPS) is 14.9. The molecule has 0 unspecified atom stereocenters. The Labute approximate surface area is 172 Å². The van der Waals surface area contributed by atoms with Crippen molar-refractivity contribution >= 4 is 16.9 Å². The highest BCUT2D eigenvalue weighted by atomic mass is 16.3. The van der Waals surface area contributed by atoms with E-state index in [4.69, 9.17) is 4.42 Å². The van der Waals surface area contributed by atoms with Crippen LogP contribution < -0.4 is 5.43 Å². The van der Waals surface area contributed by atoms with E-state index in [2.05, 4.69) is 4.90 Å². The van der Waals surface area contributed by atoms with Crippen molar-refractivity contribution in [1.82, 2.24) is 9.80 Å². The van der Waals surface area contributed by atoms with Crippen LogP contribution in [0.3, 0.4) is 0 Å². The highest BCUT2D eigenvalue weighted by molar-refractivity contribution is 5.89. The first-order chi connectivity index (χ1) is 14.3. The minimum Gasteiger partial charge on any atom is -0.508 e. The van der Waals surface area contributed by atoms with Gasteiger partial charge in [-0.2, -0.15) is 0 Å². The summed E-state index contributed by atoms with van der Waals surface area (Å²) in [6.45, 7) is 4.22. The van der Waals surface area contributed by atoms with E-state index < -0.39 is 5.43 Å². The smallest absolute Gasteiger partial charge is 0.219 e. The molecule has 8 nitrogen and oxygen atoms in total. The molecular formula is C22H22N2O6. The molecule has 1 aliphatic rings. The van der Waals surface area contributed by atoms with Crippen molar-refractivity contribution in [2.75, 3.05) is 26.2 Å². The summed E-state index contributed by atoms with van der Waals surface area (Å²) >= 11 is 0. The fourth-order valence-corrected chi connectivity index (χ4v) is 3.72. The van der Waals surface area contributed by atoms with Crippen LogP contribution >= 0.6 is 0 Å².